The molecule has 0 aromatic carbocycles. The van der Waals surface area contributed by atoms with Gasteiger partial charge in [0.25, 0.3) is 0 Å². The number of aryl methyl sites for hydroxylation is 1. The van der Waals surface area contributed by atoms with Crippen LogP contribution in [-0.2, 0) is 4.74 Å². The van der Waals surface area contributed by atoms with Crippen LogP contribution in [0.5, 0.6) is 0 Å². The minimum absolute atomic E-state index is 0.402. The highest BCUT2D eigenvalue weighted by Gasteiger charge is 2.26. The summed E-state index contributed by atoms with van der Waals surface area (Å²) in [6.07, 6.45) is 2.55. The number of hydrogen-bond donors (Lipinski definition) is 1. The molecule has 1 aliphatic rings. The van der Waals surface area contributed by atoms with E-state index in [4.69, 9.17) is 10.5 Å². The van der Waals surface area contributed by atoms with Crippen LogP contribution >= 0.6 is 0 Å². The molecule has 1 atom stereocenters. The Kier molecular flexibility index (Phi) is 3.76. The lowest BCUT2D eigenvalue weighted by molar-refractivity contribution is 0.0600. The second-order valence-electron chi connectivity index (χ2n) is 4.48. The molecule has 1 fully saturated rings. The normalized spacial score (nSPS) is 19.1. The minimum Gasteiger partial charge on any atom is -0.465 e. The quantitative estimate of drug-likeness (QED) is 0.780. The van der Waals surface area contributed by atoms with E-state index in [1.807, 2.05) is 0 Å². The van der Waals surface area contributed by atoms with E-state index in [2.05, 4.69) is 14.9 Å². The maximum Gasteiger partial charge on any atom is 0.343 e. The van der Waals surface area contributed by atoms with Gasteiger partial charge in [0.15, 0.2) is 0 Å². The molecule has 98 valence electrons. The van der Waals surface area contributed by atoms with Crippen molar-refractivity contribution in [3.05, 3.63) is 17.6 Å². The van der Waals surface area contributed by atoms with Crippen molar-refractivity contribution in [1.29, 1.82) is 0 Å². The molecule has 2 rings (SSSR count). The smallest absolute Gasteiger partial charge is 0.343 e. The zero-order chi connectivity index (χ0) is 13.1. The number of carbonyl (C=O) groups is 1. The molecule has 0 spiro atoms. The van der Waals surface area contributed by atoms with Crippen molar-refractivity contribution in [1.82, 2.24) is 9.97 Å². The zero-order valence-corrected chi connectivity index (χ0v) is 10.7. The van der Waals surface area contributed by atoms with Crippen LogP contribution in [-0.4, -0.2) is 42.7 Å². The van der Waals surface area contributed by atoms with E-state index >= 15 is 0 Å². The third kappa shape index (κ3) is 2.43. The molecular formula is C12H18N4O2. The number of rotatable bonds is 3. The van der Waals surface area contributed by atoms with Crippen LogP contribution in [0.4, 0.5) is 5.82 Å². The number of methoxy groups -OCH3 is 1. The van der Waals surface area contributed by atoms with Crippen molar-refractivity contribution in [2.45, 2.75) is 13.3 Å². The van der Waals surface area contributed by atoms with Gasteiger partial charge in [-0.25, -0.2) is 14.8 Å². The van der Waals surface area contributed by atoms with Crippen LogP contribution in [0.15, 0.2) is 6.20 Å². The van der Waals surface area contributed by atoms with E-state index in [1.54, 1.807) is 6.92 Å². The molecule has 0 saturated carbocycles. The fourth-order valence-electron chi connectivity index (χ4n) is 2.17. The van der Waals surface area contributed by atoms with Crippen LogP contribution in [0.1, 0.15) is 22.6 Å². The Balaban J connectivity index is 2.31. The first-order chi connectivity index (χ1) is 8.65. The summed E-state index contributed by atoms with van der Waals surface area (Å²) in [4.78, 5) is 22.2. The van der Waals surface area contributed by atoms with Crippen molar-refractivity contribution in [2.75, 3.05) is 31.6 Å². The monoisotopic (exact) mass is 250 g/mol. The standard InChI is InChI=1S/C12H18N4O2/c1-8-14-6-10(12(17)18-2)11(15-8)16-4-3-9(5-13)7-16/h6,9H,3-5,7,13H2,1-2H3. The van der Waals surface area contributed by atoms with Crippen molar-refractivity contribution >= 4 is 11.8 Å². The van der Waals surface area contributed by atoms with Crippen LogP contribution in [0.3, 0.4) is 0 Å². The van der Waals surface area contributed by atoms with Gasteiger partial charge in [-0.15, -0.1) is 0 Å². The summed E-state index contributed by atoms with van der Waals surface area (Å²) in [5, 5.41) is 0. The maximum atomic E-state index is 11.7. The van der Waals surface area contributed by atoms with Crippen molar-refractivity contribution in [2.24, 2.45) is 11.7 Å². The van der Waals surface area contributed by atoms with E-state index in [0.717, 1.165) is 19.5 Å². The summed E-state index contributed by atoms with van der Waals surface area (Å²) in [6, 6.07) is 0. The van der Waals surface area contributed by atoms with Crippen molar-refractivity contribution < 1.29 is 9.53 Å². The van der Waals surface area contributed by atoms with E-state index in [1.165, 1.54) is 13.3 Å². The average Bonchev–Trinajstić information content (AvgIpc) is 2.86. The average molecular weight is 250 g/mol. The lowest BCUT2D eigenvalue weighted by Crippen LogP contribution is -2.26. The summed E-state index contributed by atoms with van der Waals surface area (Å²) in [6.45, 7) is 4.16. The van der Waals surface area contributed by atoms with Gasteiger partial charge in [-0.2, -0.15) is 0 Å². The number of ether oxygens (including phenoxy) is 1. The Labute approximate surface area is 106 Å². The first-order valence-electron chi connectivity index (χ1n) is 6.02. The molecule has 1 aromatic heterocycles. The second kappa shape index (κ2) is 5.30. The minimum atomic E-state index is -0.402. The number of nitrogens with two attached hydrogens (primary N) is 1. The zero-order valence-electron chi connectivity index (χ0n) is 10.7. The van der Waals surface area contributed by atoms with E-state index < -0.39 is 5.97 Å². The number of hydrogen-bond acceptors (Lipinski definition) is 6. The van der Waals surface area contributed by atoms with Gasteiger partial charge in [0.1, 0.15) is 17.2 Å². The highest BCUT2D eigenvalue weighted by molar-refractivity contribution is 5.94. The largest absolute Gasteiger partial charge is 0.465 e. The molecule has 1 aliphatic heterocycles. The summed E-state index contributed by atoms with van der Waals surface area (Å²) in [5.74, 6) is 1.37. The van der Waals surface area contributed by atoms with Crippen LogP contribution in [0.2, 0.25) is 0 Å². The first kappa shape index (κ1) is 12.8. The highest BCUT2D eigenvalue weighted by Crippen LogP contribution is 2.25. The fourth-order valence-corrected chi connectivity index (χ4v) is 2.17. The molecular weight excluding hydrogens is 232 g/mol. The molecule has 6 heteroatoms. The summed E-state index contributed by atoms with van der Waals surface area (Å²) in [7, 11) is 1.36. The van der Waals surface area contributed by atoms with Crippen molar-refractivity contribution in [3.63, 3.8) is 0 Å². The summed E-state index contributed by atoms with van der Waals surface area (Å²) in [5.41, 5.74) is 6.09. The molecule has 0 amide bonds. The third-order valence-electron chi connectivity index (χ3n) is 3.21. The predicted octanol–water partition coefficient (Wildman–Crippen LogP) is 0.357. The van der Waals surface area contributed by atoms with E-state index in [-0.39, 0.29) is 0 Å². The van der Waals surface area contributed by atoms with Crippen LogP contribution < -0.4 is 10.6 Å². The lowest BCUT2D eigenvalue weighted by atomic mass is 10.1. The molecule has 2 heterocycles. The van der Waals surface area contributed by atoms with Crippen LogP contribution in [0.25, 0.3) is 0 Å². The van der Waals surface area contributed by atoms with Crippen molar-refractivity contribution in [3.8, 4) is 0 Å². The van der Waals surface area contributed by atoms with Gasteiger partial charge in [-0.1, -0.05) is 0 Å². The van der Waals surface area contributed by atoms with E-state index in [9.17, 15) is 4.79 Å². The van der Waals surface area contributed by atoms with Crippen LogP contribution in [0, 0.1) is 12.8 Å². The molecule has 1 saturated heterocycles. The Morgan fingerprint density at radius 3 is 3.06 bits per heavy atom. The fraction of sp³-hybridized carbons (Fsp3) is 0.583. The second-order valence-corrected chi connectivity index (χ2v) is 4.48. The van der Waals surface area contributed by atoms with Gasteiger partial charge in [0.05, 0.1) is 7.11 Å². The number of anilines is 1. The molecule has 0 aliphatic carbocycles. The third-order valence-corrected chi connectivity index (χ3v) is 3.21. The number of esters is 1. The van der Waals surface area contributed by atoms with E-state index in [0.29, 0.717) is 29.7 Å². The Morgan fingerprint density at radius 2 is 2.44 bits per heavy atom. The maximum absolute atomic E-state index is 11.7. The van der Waals surface area contributed by atoms with Gasteiger partial charge >= 0.3 is 5.97 Å². The highest BCUT2D eigenvalue weighted by atomic mass is 16.5. The molecule has 0 radical (unpaired) electrons. The molecule has 6 nitrogen and oxygen atoms in total. The molecule has 1 aromatic rings. The SMILES string of the molecule is COC(=O)c1cnc(C)nc1N1CCC(CN)C1. The lowest BCUT2D eigenvalue weighted by Gasteiger charge is -2.19. The topological polar surface area (TPSA) is 81.3 Å². The summed E-state index contributed by atoms with van der Waals surface area (Å²) >= 11 is 0. The van der Waals surface area contributed by atoms with Gasteiger partial charge in [-0.3, -0.25) is 0 Å². The first-order valence-corrected chi connectivity index (χ1v) is 6.02. The Hall–Kier alpha value is -1.69. The number of nitrogens with zero attached hydrogens (tertiary/aromatic N) is 3. The predicted molar refractivity (Wildman–Crippen MR) is 67.5 cm³/mol. The Morgan fingerprint density at radius 1 is 1.67 bits per heavy atom. The summed E-state index contributed by atoms with van der Waals surface area (Å²) < 4.78 is 4.76. The van der Waals surface area contributed by atoms with Gasteiger partial charge < -0.3 is 15.4 Å². The molecule has 0 bridgehead atoms. The molecule has 2 N–H and O–H groups in total. The van der Waals surface area contributed by atoms with Gasteiger partial charge in [0.2, 0.25) is 0 Å². The number of carbonyl (C=O) groups excluding carboxylic acids is 1. The van der Waals surface area contributed by atoms with Gasteiger partial charge in [-0.05, 0) is 25.8 Å². The molecule has 18 heavy (non-hydrogen) atoms. The molecule has 1 unspecified atom stereocenters. The Bertz CT molecular complexity index is 450. The number of aromatic nitrogens is 2. The van der Waals surface area contributed by atoms with Gasteiger partial charge in [0, 0.05) is 19.3 Å².